The lowest BCUT2D eigenvalue weighted by Gasteiger charge is -2.07. The van der Waals surface area contributed by atoms with Crippen molar-refractivity contribution in [1.82, 2.24) is 14.9 Å². The van der Waals surface area contributed by atoms with Crippen LogP contribution in [0.1, 0.15) is 5.56 Å². The first kappa shape index (κ1) is 11.8. The summed E-state index contributed by atoms with van der Waals surface area (Å²) in [7, 11) is 0. The second-order valence-corrected chi connectivity index (χ2v) is 4.79. The van der Waals surface area contributed by atoms with E-state index < -0.39 is 0 Å². The van der Waals surface area contributed by atoms with E-state index in [0.717, 1.165) is 5.56 Å². The Morgan fingerprint density at radius 2 is 1.57 bits per heavy atom. The monoisotopic (exact) mass is 272 g/mol. The summed E-state index contributed by atoms with van der Waals surface area (Å²) >= 11 is 0. The lowest BCUT2D eigenvalue weighted by Crippen LogP contribution is -1.93. The highest BCUT2D eigenvalue weighted by atomic mass is 15.5. The molecule has 0 fully saturated rings. The molecule has 0 spiro atoms. The Kier molecular flexibility index (Phi) is 2.71. The van der Waals surface area contributed by atoms with Gasteiger partial charge >= 0.3 is 0 Å². The Hall–Kier alpha value is -3.01. The highest BCUT2D eigenvalue weighted by molar-refractivity contribution is 6.13. The molecule has 4 heteroatoms. The van der Waals surface area contributed by atoms with E-state index in [2.05, 4.69) is 57.6 Å². The molecule has 4 aromatic rings. The summed E-state index contributed by atoms with van der Waals surface area (Å²) in [6.45, 7) is 0. The Morgan fingerprint density at radius 3 is 2.19 bits per heavy atom. The Balaban J connectivity index is 2.02. The molecule has 0 aliphatic heterocycles. The fraction of sp³-hybridized carbons (Fsp3) is 0. The normalized spacial score (nSPS) is 11.6. The van der Waals surface area contributed by atoms with Gasteiger partial charge in [0.15, 0.2) is 0 Å². The molecule has 0 amide bonds. The average molecular weight is 272 g/mol. The van der Waals surface area contributed by atoms with E-state index in [9.17, 15) is 0 Å². The molecular formula is C17H12N4. The van der Waals surface area contributed by atoms with Crippen molar-refractivity contribution in [3.05, 3.63) is 72.8 Å². The number of hydrogen-bond donors (Lipinski definition) is 0. The number of rotatable bonds is 2. The van der Waals surface area contributed by atoms with Crippen LogP contribution in [-0.4, -0.2) is 21.1 Å². The number of hydrogen-bond acceptors (Lipinski definition) is 3. The number of aromatic nitrogens is 3. The molecule has 0 saturated heterocycles. The summed E-state index contributed by atoms with van der Waals surface area (Å²) < 4.78 is 0. The zero-order valence-electron chi connectivity index (χ0n) is 11.2. The fourth-order valence-corrected chi connectivity index (χ4v) is 2.57. The molecule has 4 nitrogen and oxygen atoms in total. The Morgan fingerprint density at radius 1 is 0.905 bits per heavy atom. The van der Waals surface area contributed by atoms with E-state index in [1.807, 2.05) is 18.3 Å². The third kappa shape index (κ3) is 2.07. The van der Waals surface area contributed by atoms with Crippen LogP contribution < -0.4 is 0 Å². The van der Waals surface area contributed by atoms with E-state index in [1.54, 1.807) is 6.33 Å². The zero-order chi connectivity index (χ0) is 14.1. The van der Waals surface area contributed by atoms with Crippen LogP contribution in [0.15, 0.2) is 72.4 Å². The largest absolute Gasteiger partial charge is 0.221 e. The van der Waals surface area contributed by atoms with Crippen molar-refractivity contribution in [2.45, 2.75) is 0 Å². The van der Waals surface area contributed by atoms with Crippen molar-refractivity contribution in [3.8, 4) is 0 Å². The van der Waals surface area contributed by atoms with Crippen LogP contribution in [0.5, 0.6) is 0 Å². The molecule has 0 aliphatic carbocycles. The van der Waals surface area contributed by atoms with E-state index >= 15 is 0 Å². The van der Waals surface area contributed by atoms with Gasteiger partial charge in [-0.3, -0.25) is 0 Å². The summed E-state index contributed by atoms with van der Waals surface area (Å²) in [5.41, 5.74) is 1.10. The predicted molar refractivity (Wildman–Crippen MR) is 84.5 cm³/mol. The molecule has 0 bridgehead atoms. The summed E-state index contributed by atoms with van der Waals surface area (Å²) in [5.74, 6) is 0. The molecule has 0 N–H and O–H groups in total. The summed E-state index contributed by atoms with van der Waals surface area (Å²) in [6, 6.07) is 18.9. The summed E-state index contributed by atoms with van der Waals surface area (Å²) in [5, 5.41) is 13.1. The van der Waals surface area contributed by atoms with E-state index in [-0.39, 0.29) is 0 Å². The highest BCUT2D eigenvalue weighted by Gasteiger charge is 2.05. The molecule has 0 radical (unpaired) electrons. The van der Waals surface area contributed by atoms with Crippen molar-refractivity contribution in [2.24, 2.45) is 5.10 Å². The van der Waals surface area contributed by atoms with E-state index in [4.69, 9.17) is 0 Å². The summed E-state index contributed by atoms with van der Waals surface area (Å²) in [6.07, 6.45) is 4.89. The topological polar surface area (TPSA) is 43.1 Å². The Bertz CT molecular complexity index is 886. The standard InChI is InChI=1S/C17H12N4/c1-3-7-15-13(5-1)9-14-6-2-4-8-16(14)17(15)10-19-21-12-18-11-20-21/h1-12H/b19-10-. The van der Waals surface area contributed by atoms with Gasteiger partial charge in [-0.25, -0.2) is 4.98 Å². The number of benzene rings is 3. The fourth-order valence-electron chi connectivity index (χ4n) is 2.57. The van der Waals surface area contributed by atoms with Crippen molar-refractivity contribution < 1.29 is 0 Å². The van der Waals surface area contributed by atoms with Gasteiger partial charge in [0.25, 0.3) is 0 Å². The molecule has 100 valence electrons. The van der Waals surface area contributed by atoms with Crippen LogP contribution in [0.2, 0.25) is 0 Å². The second kappa shape index (κ2) is 4.83. The molecule has 0 atom stereocenters. The van der Waals surface area contributed by atoms with Crippen LogP contribution in [0.3, 0.4) is 0 Å². The predicted octanol–water partition coefficient (Wildman–Crippen LogP) is 3.47. The van der Waals surface area contributed by atoms with Gasteiger partial charge in [0.05, 0.1) is 6.21 Å². The van der Waals surface area contributed by atoms with Crippen molar-refractivity contribution in [3.63, 3.8) is 0 Å². The van der Waals surface area contributed by atoms with E-state index in [1.165, 1.54) is 32.7 Å². The molecule has 0 unspecified atom stereocenters. The van der Waals surface area contributed by atoms with Gasteiger partial charge < -0.3 is 0 Å². The zero-order valence-corrected chi connectivity index (χ0v) is 11.2. The smallest absolute Gasteiger partial charge is 0.139 e. The molecule has 1 aromatic heterocycles. The van der Waals surface area contributed by atoms with Gasteiger partial charge in [-0.05, 0) is 27.6 Å². The van der Waals surface area contributed by atoms with Crippen molar-refractivity contribution >= 4 is 27.8 Å². The van der Waals surface area contributed by atoms with Crippen LogP contribution in [0.25, 0.3) is 21.5 Å². The minimum absolute atomic E-state index is 1.10. The first-order valence-electron chi connectivity index (χ1n) is 6.71. The summed E-state index contributed by atoms with van der Waals surface area (Å²) in [4.78, 5) is 5.35. The van der Waals surface area contributed by atoms with Crippen molar-refractivity contribution in [1.29, 1.82) is 0 Å². The van der Waals surface area contributed by atoms with Gasteiger partial charge in [0, 0.05) is 5.56 Å². The minimum Gasteiger partial charge on any atom is -0.221 e. The van der Waals surface area contributed by atoms with E-state index in [0.29, 0.717) is 0 Å². The quantitative estimate of drug-likeness (QED) is 0.414. The SMILES string of the molecule is C(=N/n1cncn1)/c1c2ccccc2cc2ccccc12. The lowest BCUT2D eigenvalue weighted by molar-refractivity contribution is 0.743. The third-order valence-corrected chi connectivity index (χ3v) is 3.52. The van der Waals surface area contributed by atoms with Gasteiger partial charge in [0.1, 0.15) is 12.7 Å². The maximum atomic E-state index is 4.35. The molecule has 3 aromatic carbocycles. The highest BCUT2D eigenvalue weighted by Crippen LogP contribution is 2.27. The van der Waals surface area contributed by atoms with Gasteiger partial charge in [-0.1, -0.05) is 48.5 Å². The molecule has 4 rings (SSSR count). The molecule has 0 saturated carbocycles. The number of fused-ring (bicyclic) bond motifs is 2. The van der Waals surface area contributed by atoms with Crippen molar-refractivity contribution in [2.75, 3.05) is 0 Å². The van der Waals surface area contributed by atoms with Gasteiger partial charge in [-0.15, -0.1) is 9.89 Å². The molecule has 21 heavy (non-hydrogen) atoms. The maximum Gasteiger partial charge on any atom is 0.139 e. The molecular weight excluding hydrogens is 260 g/mol. The maximum absolute atomic E-state index is 4.35. The van der Waals surface area contributed by atoms with Crippen LogP contribution in [0, 0.1) is 0 Å². The lowest BCUT2D eigenvalue weighted by atomic mass is 9.97. The third-order valence-electron chi connectivity index (χ3n) is 3.52. The average Bonchev–Trinajstić information content (AvgIpc) is 3.05. The first-order chi connectivity index (χ1) is 10.4. The number of nitrogens with zero attached hydrogens (tertiary/aromatic N) is 4. The van der Waals surface area contributed by atoms with Crippen LogP contribution >= 0.6 is 0 Å². The van der Waals surface area contributed by atoms with Gasteiger partial charge in [0.2, 0.25) is 0 Å². The van der Waals surface area contributed by atoms with Crippen LogP contribution in [0.4, 0.5) is 0 Å². The Labute approximate surface area is 121 Å². The minimum atomic E-state index is 1.10. The molecule has 0 aliphatic rings. The second-order valence-electron chi connectivity index (χ2n) is 4.79. The van der Waals surface area contributed by atoms with Gasteiger partial charge in [-0.2, -0.15) is 5.10 Å². The molecule has 1 heterocycles. The van der Waals surface area contributed by atoms with Crippen LogP contribution in [-0.2, 0) is 0 Å². The first-order valence-corrected chi connectivity index (χ1v) is 6.71.